The quantitative estimate of drug-likeness (QED) is 0.775. The van der Waals surface area contributed by atoms with Crippen LogP contribution in [0.3, 0.4) is 0 Å². The van der Waals surface area contributed by atoms with Crippen LogP contribution in [0.2, 0.25) is 0 Å². The number of hydrogen-bond acceptors (Lipinski definition) is 6. The van der Waals surface area contributed by atoms with E-state index in [9.17, 15) is 0 Å². The molecular formula is C17H24N2O3S. The molecule has 1 heterocycles. The van der Waals surface area contributed by atoms with Gasteiger partial charge in [0.1, 0.15) is 6.61 Å². The van der Waals surface area contributed by atoms with Crippen LogP contribution in [-0.2, 0) is 0 Å². The molecule has 1 aromatic carbocycles. The van der Waals surface area contributed by atoms with Crippen LogP contribution < -0.4 is 14.8 Å². The van der Waals surface area contributed by atoms with Gasteiger partial charge in [-0.25, -0.2) is 4.98 Å². The number of aliphatic hydroxyl groups is 1. The van der Waals surface area contributed by atoms with Crippen LogP contribution in [0.4, 0.5) is 0 Å². The zero-order chi connectivity index (χ0) is 16.8. The summed E-state index contributed by atoms with van der Waals surface area (Å²) in [5, 5.41) is 13.5. The molecule has 0 aliphatic heterocycles. The van der Waals surface area contributed by atoms with Crippen molar-refractivity contribution in [1.29, 1.82) is 0 Å². The number of benzene rings is 1. The third-order valence-electron chi connectivity index (χ3n) is 3.60. The SMILES string of the molecule is COc1cc(C(C)NC(C)c2cnc(C)s2)ccc1OCCO. The van der Waals surface area contributed by atoms with Gasteiger partial charge in [0.05, 0.1) is 18.7 Å². The number of rotatable bonds is 8. The number of methoxy groups -OCH3 is 1. The van der Waals surface area contributed by atoms with E-state index in [1.165, 1.54) is 4.88 Å². The zero-order valence-corrected chi connectivity index (χ0v) is 14.8. The summed E-state index contributed by atoms with van der Waals surface area (Å²) in [4.78, 5) is 5.53. The van der Waals surface area contributed by atoms with Crippen molar-refractivity contribution in [3.8, 4) is 11.5 Å². The molecule has 2 atom stereocenters. The largest absolute Gasteiger partial charge is 0.493 e. The Kier molecular flexibility index (Phi) is 6.38. The molecule has 0 aliphatic rings. The number of ether oxygens (including phenoxy) is 2. The fourth-order valence-electron chi connectivity index (χ4n) is 2.36. The number of thiazole rings is 1. The molecule has 23 heavy (non-hydrogen) atoms. The zero-order valence-electron chi connectivity index (χ0n) is 14.0. The van der Waals surface area contributed by atoms with E-state index in [1.54, 1.807) is 18.4 Å². The number of aliphatic hydroxyl groups excluding tert-OH is 1. The third kappa shape index (κ3) is 4.67. The maximum absolute atomic E-state index is 8.86. The summed E-state index contributed by atoms with van der Waals surface area (Å²) in [6.07, 6.45) is 1.93. The summed E-state index contributed by atoms with van der Waals surface area (Å²) in [5.74, 6) is 1.31. The van der Waals surface area contributed by atoms with Crippen molar-refractivity contribution in [2.75, 3.05) is 20.3 Å². The monoisotopic (exact) mass is 336 g/mol. The standard InChI is InChI=1S/C17H24N2O3S/c1-11(19-12(2)17-10-18-13(3)23-17)14-5-6-15(22-8-7-20)16(9-14)21-4/h5-6,9-12,19-20H,7-8H2,1-4H3. The molecule has 126 valence electrons. The predicted molar refractivity (Wildman–Crippen MR) is 92.4 cm³/mol. The van der Waals surface area contributed by atoms with Crippen molar-refractivity contribution < 1.29 is 14.6 Å². The van der Waals surface area contributed by atoms with Crippen molar-refractivity contribution >= 4 is 11.3 Å². The van der Waals surface area contributed by atoms with Crippen LogP contribution in [0.25, 0.3) is 0 Å². The highest BCUT2D eigenvalue weighted by Crippen LogP contribution is 2.31. The average molecular weight is 336 g/mol. The molecule has 1 aromatic heterocycles. The first-order valence-electron chi connectivity index (χ1n) is 7.65. The normalized spacial score (nSPS) is 13.6. The molecule has 2 rings (SSSR count). The summed E-state index contributed by atoms with van der Waals surface area (Å²) in [6, 6.07) is 6.25. The Morgan fingerprint density at radius 3 is 2.65 bits per heavy atom. The fourth-order valence-corrected chi connectivity index (χ4v) is 3.16. The van der Waals surface area contributed by atoms with E-state index in [-0.39, 0.29) is 25.3 Å². The molecule has 0 fully saturated rings. The Hall–Kier alpha value is -1.63. The molecular weight excluding hydrogens is 312 g/mol. The lowest BCUT2D eigenvalue weighted by atomic mass is 10.1. The molecule has 2 aromatic rings. The molecule has 0 spiro atoms. The molecule has 2 N–H and O–H groups in total. The lowest BCUT2D eigenvalue weighted by Crippen LogP contribution is -2.21. The second-order valence-corrected chi connectivity index (χ2v) is 6.64. The second kappa shape index (κ2) is 8.29. The Morgan fingerprint density at radius 2 is 2.04 bits per heavy atom. The van der Waals surface area contributed by atoms with Gasteiger partial charge in [0, 0.05) is 23.2 Å². The minimum Gasteiger partial charge on any atom is -0.493 e. The Labute approximate surface area is 141 Å². The summed E-state index contributed by atoms with van der Waals surface area (Å²) in [7, 11) is 1.62. The number of aromatic nitrogens is 1. The van der Waals surface area contributed by atoms with Gasteiger partial charge < -0.3 is 19.9 Å². The van der Waals surface area contributed by atoms with E-state index in [2.05, 4.69) is 24.1 Å². The number of hydrogen-bond donors (Lipinski definition) is 2. The van der Waals surface area contributed by atoms with Crippen LogP contribution in [0.5, 0.6) is 11.5 Å². The minimum absolute atomic E-state index is 0.0192. The molecule has 0 aliphatic carbocycles. The van der Waals surface area contributed by atoms with E-state index in [4.69, 9.17) is 14.6 Å². The van der Waals surface area contributed by atoms with Crippen LogP contribution in [0.15, 0.2) is 24.4 Å². The van der Waals surface area contributed by atoms with Crippen molar-refractivity contribution in [2.24, 2.45) is 0 Å². The Bertz CT molecular complexity index is 630. The Morgan fingerprint density at radius 1 is 1.26 bits per heavy atom. The van der Waals surface area contributed by atoms with E-state index in [0.29, 0.717) is 11.5 Å². The van der Waals surface area contributed by atoms with Crippen molar-refractivity contribution in [1.82, 2.24) is 10.3 Å². The number of nitrogens with zero attached hydrogens (tertiary/aromatic N) is 1. The van der Waals surface area contributed by atoms with E-state index in [0.717, 1.165) is 10.6 Å². The number of aryl methyl sites for hydroxylation is 1. The smallest absolute Gasteiger partial charge is 0.161 e. The summed E-state index contributed by atoms with van der Waals surface area (Å²) < 4.78 is 10.8. The second-order valence-electron chi connectivity index (χ2n) is 5.37. The highest BCUT2D eigenvalue weighted by Gasteiger charge is 2.15. The first-order chi connectivity index (χ1) is 11.0. The molecule has 0 saturated carbocycles. The molecule has 0 bridgehead atoms. The van der Waals surface area contributed by atoms with Crippen LogP contribution in [-0.4, -0.2) is 30.4 Å². The van der Waals surface area contributed by atoms with Gasteiger partial charge in [-0.3, -0.25) is 0 Å². The topological polar surface area (TPSA) is 63.6 Å². The van der Waals surface area contributed by atoms with Crippen molar-refractivity contribution in [2.45, 2.75) is 32.9 Å². The van der Waals surface area contributed by atoms with Gasteiger partial charge in [-0.05, 0) is 38.5 Å². The average Bonchev–Trinajstić information content (AvgIpc) is 2.99. The maximum atomic E-state index is 8.86. The van der Waals surface area contributed by atoms with Crippen LogP contribution in [0, 0.1) is 6.92 Å². The molecule has 0 radical (unpaired) electrons. The maximum Gasteiger partial charge on any atom is 0.161 e. The van der Waals surface area contributed by atoms with E-state index >= 15 is 0 Å². The van der Waals surface area contributed by atoms with Crippen molar-refractivity contribution in [3.05, 3.63) is 39.8 Å². The van der Waals surface area contributed by atoms with Gasteiger partial charge in [0.2, 0.25) is 0 Å². The molecule has 0 amide bonds. The molecule has 6 heteroatoms. The molecule has 0 saturated heterocycles. The fraction of sp³-hybridized carbons (Fsp3) is 0.471. The first kappa shape index (κ1) is 17.7. The van der Waals surface area contributed by atoms with Gasteiger partial charge >= 0.3 is 0 Å². The van der Waals surface area contributed by atoms with Gasteiger partial charge in [-0.1, -0.05) is 6.07 Å². The Balaban J connectivity index is 2.07. The van der Waals surface area contributed by atoms with Gasteiger partial charge in [0.15, 0.2) is 11.5 Å². The summed E-state index contributed by atoms with van der Waals surface area (Å²) in [6.45, 7) is 6.51. The molecule has 5 nitrogen and oxygen atoms in total. The van der Waals surface area contributed by atoms with E-state index in [1.807, 2.05) is 31.3 Å². The van der Waals surface area contributed by atoms with Crippen molar-refractivity contribution in [3.63, 3.8) is 0 Å². The summed E-state index contributed by atoms with van der Waals surface area (Å²) >= 11 is 1.71. The highest BCUT2D eigenvalue weighted by atomic mass is 32.1. The first-order valence-corrected chi connectivity index (χ1v) is 8.46. The van der Waals surface area contributed by atoms with Crippen LogP contribution >= 0.6 is 11.3 Å². The van der Waals surface area contributed by atoms with Gasteiger partial charge in [-0.2, -0.15) is 0 Å². The van der Waals surface area contributed by atoms with E-state index < -0.39 is 0 Å². The van der Waals surface area contributed by atoms with Crippen LogP contribution in [0.1, 0.15) is 41.4 Å². The highest BCUT2D eigenvalue weighted by molar-refractivity contribution is 7.11. The lowest BCUT2D eigenvalue weighted by Gasteiger charge is -2.20. The third-order valence-corrected chi connectivity index (χ3v) is 4.70. The molecule has 2 unspecified atom stereocenters. The van der Waals surface area contributed by atoms with Gasteiger partial charge in [-0.15, -0.1) is 11.3 Å². The predicted octanol–water partition coefficient (Wildman–Crippen LogP) is 3.24. The minimum atomic E-state index is -0.0192. The number of nitrogens with one attached hydrogen (secondary N) is 1. The van der Waals surface area contributed by atoms with Gasteiger partial charge in [0.25, 0.3) is 0 Å². The lowest BCUT2D eigenvalue weighted by molar-refractivity contribution is 0.196. The summed E-state index contributed by atoms with van der Waals surface area (Å²) in [5.41, 5.74) is 1.12.